The van der Waals surface area contributed by atoms with E-state index >= 15 is 0 Å². The van der Waals surface area contributed by atoms with Gasteiger partial charge in [0.05, 0.1) is 29.0 Å². The average Bonchev–Trinajstić information content (AvgIpc) is 3.11. The fraction of sp³-hybridized carbons (Fsp3) is 0.435. The molecule has 0 bridgehead atoms. The van der Waals surface area contributed by atoms with Gasteiger partial charge in [-0.2, -0.15) is 0 Å². The van der Waals surface area contributed by atoms with Gasteiger partial charge in [0.1, 0.15) is 5.65 Å². The second kappa shape index (κ2) is 8.78. The zero-order valence-corrected chi connectivity index (χ0v) is 18.4. The van der Waals surface area contributed by atoms with Crippen LogP contribution in [0.5, 0.6) is 0 Å². The Bertz CT molecular complexity index is 1100. The topological polar surface area (TPSA) is 72.7 Å². The Balaban J connectivity index is 1.62. The Morgan fingerprint density at radius 2 is 1.87 bits per heavy atom. The van der Waals surface area contributed by atoms with Gasteiger partial charge in [-0.25, -0.2) is 13.4 Å². The van der Waals surface area contributed by atoms with Crippen LogP contribution in [0.25, 0.3) is 5.65 Å². The Kier molecular flexibility index (Phi) is 6.11. The maximum Gasteiger partial charge on any atom is 0.262 e. The number of aromatic nitrogens is 2. The lowest BCUT2D eigenvalue weighted by molar-refractivity contribution is 0.0145. The molecule has 3 aromatic rings. The van der Waals surface area contributed by atoms with Crippen LogP contribution < -0.4 is 4.72 Å². The molecule has 2 heterocycles. The maximum atomic E-state index is 12.8. The van der Waals surface area contributed by atoms with Crippen LogP contribution >= 0.6 is 0 Å². The number of para-hydroxylation sites is 1. The van der Waals surface area contributed by atoms with Crippen molar-refractivity contribution in [2.24, 2.45) is 0 Å². The molecule has 0 radical (unpaired) electrons. The molecule has 0 unspecified atom stereocenters. The molecular weight excluding hydrogens is 398 g/mol. The summed E-state index contributed by atoms with van der Waals surface area (Å²) in [7, 11) is -3.69. The van der Waals surface area contributed by atoms with Crippen LogP contribution in [0.1, 0.15) is 63.3 Å². The van der Waals surface area contributed by atoms with E-state index in [1.807, 2.05) is 10.5 Å². The molecule has 1 aliphatic rings. The summed E-state index contributed by atoms with van der Waals surface area (Å²) in [6, 6.07) is 12.1. The third-order valence-electron chi connectivity index (χ3n) is 5.62. The van der Waals surface area contributed by atoms with Gasteiger partial charge in [-0.05, 0) is 37.0 Å². The highest BCUT2D eigenvalue weighted by atomic mass is 32.2. The minimum atomic E-state index is -3.69. The molecule has 30 heavy (non-hydrogen) atoms. The minimum absolute atomic E-state index is 0.193. The number of imidazole rings is 1. The van der Waals surface area contributed by atoms with Crippen molar-refractivity contribution in [2.45, 2.75) is 69.5 Å². The first-order valence-electron chi connectivity index (χ1n) is 10.6. The van der Waals surface area contributed by atoms with Gasteiger partial charge in [-0.15, -0.1) is 0 Å². The third kappa shape index (κ3) is 4.52. The number of anilines is 1. The van der Waals surface area contributed by atoms with E-state index in [9.17, 15) is 8.42 Å². The number of benzene rings is 1. The molecule has 4 rings (SSSR count). The van der Waals surface area contributed by atoms with Gasteiger partial charge < -0.3 is 9.14 Å². The summed E-state index contributed by atoms with van der Waals surface area (Å²) in [6.07, 6.45) is 8.06. The van der Waals surface area contributed by atoms with E-state index in [2.05, 4.69) is 18.6 Å². The van der Waals surface area contributed by atoms with Crippen molar-refractivity contribution in [3.05, 3.63) is 60.0 Å². The van der Waals surface area contributed by atoms with E-state index in [-0.39, 0.29) is 10.8 Å². The normalized spacial score (nSPS) is 15.7. The first-order valence-corrected chi connectivity index (χ1v) is 12.1. The van der Waals surface area contributed by atoms with Gasteiger partial charge in [0.2, 0.25) is 0 Å². The standard InChI is InChI=1S/C23H29N3O3S/c1-17(2)23-21(16-29-19-11-7-4-8-12-19)26-14-13-20(15-22(26)24-23)30(27,28)25-18-9-5-3-6-10-18/h3,5-6,9-10,13-15,17,19,25H,4,7-8,11-12,16H2,1-2H3. The SMILES string of the molecule is CC(C)c1nc2cc(S(=O)(=O)Nc3ccccc3)ccn2c1COC1CCCCC1. The number of ether oxygens (including phenoxy) is 1. The molecule has 0 saturated heterocycles. The average molecular weight is 428 g/mol. The van der Waals surface area contributed by atoms with Crippen molar-refractivity contribution >= 4 is 21.4 Å². The zero-order chi connectivity index (χ0) is 21.1. The van der Waals surface area contributed by atoms with E-state index in [1.165, 1.54) is 19.3 Å². The van der Waals surface area contributed by atoms with E-state index < -0.39 is 10.0 Å². The van der Waals surface area contributed by atoms with Crippen molar-refractivity contribution < 1.29 is 13.2 Å². The predicted octanol–water partition coefficient (Wildman–Crippen LogP) is 5.11. The van der Waals surface area contributed by atoms with E-state index in [1.54, 1.807) is 42.6 Å². The summed E-state index contributed by atoms with van der Waals surface area (Å²) in [5.41, 5.74) is 3.11. The Morgan fingerprint density at radius 3 is 2.57 bits per heavy atom. The fourth-order valence-corrected chi connectivity index (χ4v) is 5.08. The summed E-state index contributed by atoms with van der Waals surface area (Å²) in [5.74, 6) is 0.220. The van der Waals surface area contributed by atoms with Gasteiger partial charge >= 0.3 is 0 Å². The lowest BCUT2D eigenvalue weighted by Crippen LogP contribution is -2.17. The molecule has 0 aliphatic heterocycles. The van der Waals surface area contributed by atoms with Crippen LogP contribution in [-0.2, 0) is 21.4 Å². The largest absolute Gasteiger partial charge is 0.372 e. The molecule has 1 saturated carbocycles. The van der Waals surface area contributed by atoms with Gasteiger partial charge in [0, 0.05) is 18.0 Å². The number of sulfonamides is 1. The summed E-state index contributed by atoms with van der Waals surface area (Å²) in [6.45, 7) is 4.69. The summed E-state index contributed by atoms with van der Waals surface area (Å²) in [4.78, 5) is 4.94. The molecule has 160 valence electrons. The van der Waals surface area contributed by atoms with Crippen LogP contribution in [0, 0.1) is 0 Å². The number of hydrogen-bond acceptors (Lipinski definition) is 4. The third-order valence-corrected chi connectivity index (χ3v) is 7.00. The second-order valence-corrected chi connectivity index (χ2v) is 9.91. The Labute approximate surface area is 178 Å². The van der Waals surface area contributed by atoms with Gasteiger partial charge in [-0.1, -0.05) is 51.3 Å². The molecule has 0 amide bonds. The molecule has 1 aromatic carbocycles. The number of nitrogens with one attached hydrogen (secondary N) is 1. The van der Waals surface area contributed by atoms with Crippen molar-refractivity contribution in [1.82, 2.24) is 9.38 Å². The first kappa shape index (κ1) is 20.9. The number of fused-ring (bicyclic) bond motifs is 1. The maximum absolute atomic E-state index is 12.8. The number of rotatable bonds is 7. The molecule has 1 fully saturated rings. The zero-order valence-electron chi connectivity index (χ0n) is 17.5. The van der Waals surface area contributed by atoms with Gasteiger partial charge in [-0.3, -0.25) is 4.72 Å². The predicted molar refractivity (Wildman–Crippen MR) is 118 cm³/mol. The fourth-order valence-electron chi connectivity index (χ4n) is 4.02. The highest BCUT2D eigenvalue weighted by Gasteiger charge is 2.21. The lowest BCUT2D eigenvalue weighted by Gasteiger charge is -2.22. The smallest absolute Gasteiger partial charge is 0.262 e. The highest BCUT2D eigenvalue weighted by Crippen LogP contribution is 2.26. The number of hydrogen-bond donors (Lipinski definition) is 1. The molecule has 7 heteroatoms. The number of pyridine rings is 1. The van der Waals surface area contributed by atoms with Crippen LogP contribution in [-0.4, -0.2) is 23.9 Å². The van der Waals surface area contributed by atoms with E-state index in [4.69, 9.17) is 9.72 Å². The van der Waals surface area contributed by atoms with E-state index in [0.717, 1.165) is 24.2 Å². The molecule has 0 spiro atoms. The van der Waals surface area contributed by atoms with Crippen molar-refractivity contribution in [1.29, 1.82) is 0 Å². The molecule has 0 atom stereocenters. The molecule has 6 nitrogen and oxygen atoms in total. The lowest BCUT2D eigenvalue weighted by atomic mass is 9.98. The van der Waals surface area contributed by atoms with Crippen LogP contribution in [0.2, 0.25) is 0 Å². The quantitative estimate of drug-likeness (QED) is 0.569. The Hall–Kier alpha value is -2.38. The Morgan fingerprint density at radius 1 is 1.13 bits per heavy atom. The van der Waals surface area contributed by atoms with E-state index in [0.29, 0.717) is 24.0 Å². The van der Waals surface area contributed by atoms with Crippen LogP contribution in [0.15, 0.2) is 53.6 Å². The second-order valence-electron chi connectivity index (χ2n) is 8.23. The molecule has 2 aromatic heterocycles. The summed E-state index contributed by atoms with van der Waals surface area (Å²) < 4.78 is 36.5. The molecule has 1 aliphatic carbocycles. The van der Waals surface area contributed by atoms with Crippen molar-refractivity contribution in [3.8, 4) is 0 Å². The van der Waals surface area contributed by atoms with Crippen LogP contribution in [0.4, 0.5) is 5.69 Å². The summed E-state index contributed by atoms with van der Waals surface area (Å²) in [5, 5.41) is 0. The number of nitrogens with zero attached hydrogens (tertiary/aromatic N) is 2. The first-order chi connectivity index (χ1) is 14.4. The van der Waals surface area contributed by atoms with Gasteiger partial charge in [0.25, 0.3) is 10.0 Å². The van der Waals surface area contributed by atoms with Crippen molar-refractivity contribution in [2.75, 3.05) is 4.72 Å². The minimum Gasteiger partial charge on any atom is -0.372 e. The highest BCUT2D eigenvalue weighted by molar-refractivity contribution is 7.92. The molecular formula is C23H29N3O3S. The van der Waals surface area contributed by atoms with Crippen molar-refractivity contribution in [3.63, 3.8) is 0 Å². The summed E-state index contributed by atoms with van der Waals surface area (Å²) >= 11 is 0. The van der Waals surface area contributed by atoms with Crippen LogP contribution in [0.3, 0.4) is 0 Å². The monoisotopic (exact) mass is 427 g/mol. The molecule has 1 N–H and O–H groups in total. The van der Waals surface area contributed by atoms with Gasteiger partial charge in [0.15, 0.2) is 0 Å².